The van der Waals surface area contributed by atoms with Crippen LogP contribution in [-0.2, 0) is 9.59 Å². The van der Waals surface area contributed by atoms with Crippen LogP contribution >= 0.6 is 15.9 Å². The first-order chi connectivity index (χ1) is 14.5. The molecular formula is C23H17BrN2O4. The second kappa shape index (κ2) is 8.12. The summed E-state index contributed by atoms with van der Waals surface area (Å²) in [5, 5.41) is 3.95. The van der Waals surface area contributed by atoms with Crippen LogP contribution in [0, 0.1) is 0 Å². The molecule has 0 saturated carbocycles. The topological polar surface area (TPSA) is 75.7 Å². The lowest BCUT2D eigenvalue weighted by Gasteiger charge is -2.26. The van der Waals surface area contributed by atoms with E-state index in [0.29, 0.717) is 22.3 Å². The molecule has 0 bridgehead atoms. The van der Waals surface area contributed by atoms with E-state index in [0.717, 1.165) is 21.4 Å². The predicted octanol–water partition coefficient (Wildman–Crippen LogP) is 4.67. The summed E-state index contributed by atoms with van der Waals surface area (Å²) in [7, 11) is 0. The monoisotopic (exact) mass is 464 g/mol. The normalized spacial score (nSPS) is 15.6. The van der Waals surface area contributed by atoms with Crippen molar-refractivity contribution < 1.29 is 19.1 Å². The maximum atomic E-state index is 13.1. The number of hydrogen-bond acceptors (Lipinski definition) is 4. The number of urea groups is 1. The van der Waals surface area contributed by atoms with Crippen molar-refractivity contribution in [3.63, 3.8) is 0 Å². The number of barbiturate groups is 1. The first-order valence-corrected chi connectivity index (χ1v) is 10.1. The van der Waals surface area contributed by atoms with E-state index in [1.54, 1.807) is 36.4 Å². The maximum Gasteiger partial charge on any atom is 0.335 e. The number of halogens is 1. The fourth-order valence-corrected chi connectivity index (χ4v) is 3.75. The summed E-state index contributed by atoms with van der Waals surface area (Å²) in [5.74, 6) is -0.686. The minimum absolute atomic E-state index is 0.121. The van der Waals surface area contributed by atoms with E-state index < -0.39 is 17.8 Å². The van der Waals surface area contributed by atoms with E-state index in [1.807, 2.05) is 31.2 Å². The summed E-state index contributed by atoms with van der Waals surface area (Å²) in [6.07, 6.45) is 1.51. The molecule has 1 N–H and O–H groups in total. The zero-order valence-corrected chi connectivity index (χ0v) is 17.6. The van der Waals surface area contributed by atoms with Gasteiger partial charge in [0.25, 0.3) is 11.8 Å². The van der Waals surface area contributed by atoms with Gasteiger partial charge in [0.05, 0.1) is 12.3 Å². The van der Waals surface area contributed by atoms with Crippen LogP contribution in [0.15, 0.2) is 70.7 Å². The third-order valence-electron chi connectivity index (χ3n) is 4.69. The first kappa shape index (κ1) is 19.8. The molecule has 4 rings (SSSR count). The summed E-state index contributed by atoms with van der Waals surface area (Å²) in [4.78, 5) is 38.9. The van der Waals surface area contributed by atoms with Crippen molar-refractivity contribution in [1.29, 1.82) is 0 Å². The third kappa shape index (κ3) is 3.59. The van der Waals surface area contributed by atoms with Gasteiger partial charge in [0.2, 0.25) is 0 Å². The number of benzene rings is 3. The maximum absolute atomic E-state index is 13.1. The number of nitrogens with one attached hydrogen (secondary N) is 1. The number of fused-ring (bicyclic) bond motifs is 1. The Bertz CT molecular complexity index is 1220. The molecule has 1 saturated heterocycles. The molecule has 4 amide bonds. The van der Waals surface area contributed by atoms with Gasteiger partial charge < -0.3 is 4.74 Å². The Hall–Kier alpha value is -3.45. The van der Waals surface area contributed by atoms with Gasteiger partial charge in [-0.05, 0) is 48.2 Å². The summed E-state index contributed by atoms with van der Waals surface area (Å²) in [6.45, 7) is 2.43. The standard InChI is InChI=1S/C23H17BrN2O4/c1-2-30-20-11-10-14(17-8-3-4-9-18(17)20)12-19-21(27)25-23(29)26(22(19)28)16-7-5-6-15(24)13-16/h3-13H,2H2,1H3,(H,25,27,29). The quantitative estimate of drug-likeness (QED) is 0.449. The molecule has 30 heavy (non-hydrogen) atoms. The lowest BCUT2D eigenvalue weighted by molar-refractivity contribution is -0.122. The molecule has 0 spiro atoms. The molecule has 7 heteroatoms. The number of carbonyl (C=O) groups is 3. The highest BCUT2D eigenvalue weighted by molar-refractivity contribution is 9.10. The Morgan fingerprint density at radius 2 is 1.77 bits per heavy atom. The van der Waals surface area contributed by atoms with E-state index >= 15 is 0 Å². The fraction of sp³-hybridized carbons (Fsp3) is 0.0870. The van der Waals surface area contributed by atoms with Crippen LogP contribution in [0.2, 0.25) is 0 Å². The zero-order chi connectivity index (χ0) is 21.3. The van der Waals surface area contributed by atoms with Crippen LogP contribution in [0.4, 0.5) is 10.5 Å². The van der Waals surface area contributed by atoms with Crippen molar-refractivity contribution in [2.45, 2.75) is 6.92 Å². The molecule has 0 atom stereocenters. The van der Waals surface area contributed by atoms with Gasteiger partial charge in [-0.15, -0.1) is 0 Å². The fourth-order valence-electron chi connectivity index (χ4n) is 3.36. The Labute approximate surface area is 181 Å². The number of rotatable bonds is 4. The van der Waals surface area contributed by atoms with Gasteiger partial charge in [0, 0.05) is 9.86 Å². The molecule has 150 valence electrons. The van der Waals surface area contributed by atoms with E-state index in [-0.39, 0.29) is 5.57 Å². The number of imide groups is 2. The van der Waals surface area contributed by atoms with Gasteiger partial charge in [0.15, 0.2) is 0 Å². The van der Waals surface area contributed by atoms with Crippen LogP contribution in [-0.4, -0.2) is 24.5 Å². The molecule has 1 fully saturated rings. The minimum atomic E-state index is -0.781. The van der Waals surface area contributed by atoms with Crippen molar-refractivity contribution in [2.24, 2.45) is 0 Å². The van der Waals surface area contributed by atoms with E-state index in [9.17, 15) is 14.4 Å². The molecule has 0 aromatic heterocycles. The molecule has 0 unspecified atom stereocenters. The van der Waals surface area contributed by atoms with Gasteiger partial charge in [0.1, 0.15) is 11.3 Å². The highest BCUT2D eigenvalue weighted by atomic mass is 79.9. The van der Waals surface area contributed by atoms with Crippen molar-refractivity contribution in [3.05, 3.63) is 76.3 Å². The van der Waals surface area contributed by atoms with E-state index in [2.05, 4.69) is 21.2 Å². The molecule has 3 aromatic rings. The summed E-state index contributed by atoms with van der Waals surface area (Å²) >= 11 is 3.33. The number of anilines is 1. The smallest absolute Gasteiger partial charge is 0.335 e. The van der Waals surface area contributed by atoms with Gasteiger partial charge in [-0.3, -0.25) is 14.9 Å². The molecular weight excluding hydrogens is 448 g/mol. The molecule has 0 radical (unpaired) electrons. The SMILES string of the molecule is CCOc1ccc(C=C2C(=O)NC(=O)N(c3cccc(Br)c3)C2=O)c2ccccc12. The van der Waals surface area contributed by atoms with Gasteiger partial charge in [-0.2, -0.15) is 0 Å². The lowest BCUT2D eigenvalue weighted by Crippen LogP contribution is -2.54. The Kier molecular flexibility index (Phi) is 5.37. The Balaban J connectivity index is 1.81. The van der Waals surface area contributed by atoms with Gasteiger partial charge in [-0.1, -0.05) is 52.3 Å². The Morgan fingerprint density at radius 1 is 1.00 bits per heavy atom. The van der Waals surface area contributed by atoms with Crippen LogP contribution < -0.4 is 15.0 Å². The number of hydrogen-bond donors (Lipinski definition) is 1. The number of nitrogens with zero attached hydrogens (tertiary/aromatic N) is 1. The molecule has 6 nitrogen and oxygen atoms in total. The average Bonchev–Trinajstić information content (AvgIpc) is 2.72. The van der Waals surface area contributed by atoms with E-state index in [4.69, 9.17) is 4.74 Å². The van der Waals surface area contributed by atoms with Crippen molar-refractivity contribution in [3.8, 4) is 5.75 Å². The van der Waals surface area contributed by atoms with Crippen molar-refractivity contribution in [2.75, 3.05) is 11.5 Å². The van der Waals surface area contributed by atoms with Crippen LogP contribution in [0.1, 0.15) is 12.5 Å². The summed E-state index contributed by atoms with van der Waals surface area (Å²) in [5.41, 5.74) is 0.918. The first-order valence-electron chi connectivity index (χ1n) is 9.31. The summed E-state index contributed by atoms with van der Waals surface area (Å²) in [6, 6.07) is 17.2. The highest BCUT2D eigenvalue weighted by Gasteiger charge is 2.37. The third-order valence-corrected chi connectivity index (χ3v) is 5.18. The molecule has 3 aromatic carbocycles. The molecule has 1 aliphatic heterocycles. The Morgan fingerprint density at radius 3 is 2.50 bits per heavy atom. The summed E-state index contributed by atoms with van der Waals surface area (Å²) < 4.78 is 6.39. The molecule has 1 heterocycles. The minimum Gasteiger partial charge on any atom is -0.493 e. The average molecular weight is 465 g/mol. The molecule has 1 aliphatic rings. The number of amides is 4. The van der Waals surface area contributed by atoms with Crippen LogP contribution in [0.3, 0.4) is 0 Å². The van der Waals surface area contributed by atoms with Crippen LogP contribution in [0.25, 0.3) is 16.8 Å². The van der Waals surface area contributed by atoms with Crippen LogP contribution in [0.5, 0.6) is 5.75 Å². The van der Waals surface area contributed by atoms with Gasteiger partial charge in [-0.25, -0.2) is 9.69 Å². The number of carbonyl (C=O) groups excluding carboxylic acids is 3. The highest BCUT2D eigenvalue weighted by Crippen LogP contribution is 2.31. The number of ether oxygens (including phenoxy) is 1. The van der Waals surface area contributed by atoms with E-state index in [1.165, 1.54) is 6.08 Å². The van der Waals surface area contributed by atoms with Crippen molar-refractivity contribution in [1.82, 2.24) is 5.32 Å². The predicted molar refractivity (Wildman–Crippen MR) is 118 cm³/mol. The van der Waals surface area contributed by atoms with Crippen molar-refractivity contribution >= 4 is 56.3 Å². The lowest BCUT2D eigenvalue weighted by atomic mass is 10.00. The second-order valence-corrected chi connectivity index (χ2v) is 7.48. The molecule has 0 aliphatic carbocycles. The largest absolute Gasteiger partial charge is 0.493 e. The van der Waals surface area contributed by atoms with Gasteiger partial charge >= 0.3 is 6.03 Å². The second-order valence-electron chi connectivity index (χ2n) is 6.57. The zero-order valence-electron chi connectivity index (χ0n) is 16.0.